The summed E-state index contributed by atoms with van der Waals surface area (Å²) in [5.74, 6) is 0.789. The fraction of sp³-hybridized carbons (Fsp3) is 0.278. The molecular weight excluding hydrogens is 360 g/mol. The first kappa shape index (κ1) is 16.6. The van der Waals surface area contributed by atoms with Gasteiger partial charge in [0.15, 0.2) is 5.58 Å². The van der Waals surface area contributed by atoms with Crippen LogP contribution in [0.5, 0.6) is 0 Å². The van der Waals surface area contributed by atoms with Gasteiger partial charge < -0.3 is 9.15 Å². The van der Waals surface area contributed by atoms with E-state index in [0.717, 1.165) is 34.5 Å². The standard InChI is InChI=1S/C18H17ClN2O3S/c1-22-8-2-7-20-18(25)21-14(11-23-20)9-17-15(21)10-16(24-17)12-3-5-13(19)6-4-12/h3-6,9-10H,2,7-8,11H2,1H3. The predicted molar refractivity (Wildman–Crippen MR) is 101 cm³/mol. The van der Waals surface area contributed by atoms with Crippen molar-refractivity contribution in [3.05, 3.63) is 47.1 Å². The Morgan fingerprint density at radius 3 is 2.80 bits per heavy atom. The summed E-state index contributed by atoms with van der Waals surface area (Å²) in [6, 6.07) is 11.6. The molecule has 3 aromatic rings. The maximum absolute atomic E-state index is 6.01. The van der Waals surface area contributed by atoms with Gasteiger partial charge >= 0.3 is 0 Å². The maximum atomic E-state index is 6.01. The highest BCUT2D eigenvalue weighted by molar-refractivity contribution is 7.80. The summed E-state index contributed by atoms with van der Waals surface area (Å²) in [5.41, 5.74) is 3.71. The third-order valence-electron chi connectivity index (χ3n) is 4.18. The Kier molecular flexibility index (Phi) is 4.52. The van der Waals surface area contributed by atoms with Crippen LogP contribution in [0.25, 0.3) is 22.4 Å². The molecule has 2 aromatic heterocycles. The number of rotatable bonds is 5. The lowest BCUT2D eigenvalue weighted by Crippen LogP contribution is -2.40. The Balaban J connectivity index is 1.66. The highest BCUT2D eigenvalue weighted by Gasteiger charge is 2.26. The van der Waals surface area contributed by atoms with Crippen molar-refractivity contribution in [3.63, 3.8) is 0 Å². The first-order chi connectivity index (χ1) is 12.2. The number of hydrogen-bond acceptors (Lipinski definition) is 4. The van der Waals surface area contributed by atoms with Crippen LogP contribution in [0, 0.1) is 0 Å². The van der Waals surface area contributed by atoms with Crippen molar-refractivity contribution in [3.8, 4) is 11.3 Å². The Morgan fingerprint density at radius 2 is 2.04 bits per heavy atom. The number of aromatic nitrogens is 1. The summed E-state index contributed by atoms with van der Waals surface area (Å²) in [6.45, 7) is 1.82. The summed E-state index contributed by atoms with van der Waals surface area (Å²) in [7, 11) is 1.69. The Morgan fingerprint density at radius 1 is 1.24 bits per heavy atom. The van der Waals surface area contributed by atoms with Crippen molar-refractivity contribution in [1.29, 1.82) is 0 Å². The summed E-state index contributed by atoms with van der Waals surface area (Å²) >= 11 is 11.6. The van der Waals surface area contributed by atoms with Gasteiger partial charge in [-0.3, -0.25) is 9.40 Å². The lowest BCUT2D eigenvalue weighted by atomic mass is 10.2. The SMILES string of the molecule is COCCCN1OCc2cc3oc(-c4ccc(Cl)cc4)cc3n2C1=S. The number of hydrogen-bond donors (Lipinski definition) is 0. The molecule has 0 atom stereocenters. The van der Waals surface area contributed by atoms with E-state index in [1.165, 1.54) is 0 Å². The van der Waals surface area contributed by atoms with Crippen molar-refractivity contribution in [2.45, 2.75) is 13.0 Å². The molecular formula is C18H17ClN2O3S. The van der Waals surface area contributed by atoms with Crippen LogP contribution < -0.4 is 0 Å². The number of furan rings is 1. The van der Waals surface area contributed by atoms with Crippen LogP contribution in [0.3, 0.4) is 0 Å². The quantitative estimate of drug-likeness (QED) is 0.485. The molecule has 0 fully saturated rings. The van der Waals surface area contributed by atoms with Gasteiger partial charge in [-0.2, -0.15) is 0 Å². The molecule has 7 heteroatoms. The minimum Gasteiger partial charge on any atom is -0.454 e. The summed E-state index contributed by atoms with van der Waals surface area (Å²) in [4.78, 5) is 5.75. The number of fused-ring (bicyclic) bond motifs is 3. The number of methoxy groups -OCH3 is 1. The number of nitrogens with zero attached hydrogens (tertiary/aromatic N) is 2. The fourth-order valence-electron chi connectivity index (χ4n) is 2.96. The average Bonchev–Trinajstić information content (AvgIpc) is 3.15. The summed E-state index contributed by atoms with van der Waals surface area (Å²) in [6.07, 6.45) is 0.845. The summed E-state index contributed by atoms with van der Waals surface area (Å²) < 4.78 is 13.1. The van der Waals surface area contributed by atoms with E-state index >= 15 is 0 Å². The van der Waals surface area contributed by atoms with Gasteiger partial charge in [0, 0.05) is 36.4 Å². The van der Waals surface area contributed by atoms with Gasteiger partial charge in [-0.1, -0.05) is 11.6 Å². The molecule has 0 saturated carbocycles. The number of thiocarbonyl (C=S) groups is 1. The van der Waals surface area contributed by atoms with Gasteiger partial charge in [-0.05, 0) is 42.9 Å². The molecule has 0 spiro atoms. The van der Waals surface area contributed by atoms with Gasteiger partial charge in [0.1, 0.15) is 12.4 Å². The summed E-state index contributed by atoms with van der Waals surface area (Å²) in [5, 5.41) is 3.07. The number of halogens is 1. The number of ether oxygens (including phenoxy) is 1. The first-order valence-corrected chi connectivity index (χ1v) is 8.80. The highest BCUT2D eigenvalue weighted by atomic mass is 35.5. The largest absolute Gasteiger partial charge is 0.454 e. The molecule has 5 nitrogen and oxygen atoms in total. The van der Waals surface area contributed by atoms with Crippen molar-refractivity contribution < 1.29 is 14.0 Å². The molecule has 1 aliphatic heterocycles. The van der Waals surface area contributed by atoms with Crippen LogP contribution in [-0.2, 0) is 16.2 Å². The van der Waals surface area contributed by atoms with Gasteiger partial charge in [0.25, 0.3) is 0 Å². The fourth-order valence-corrected chi connectivity index (χ4v) is 3.44. The Bertz CT molecular complexity index is 916. The van der Waals surface area contributed by atoms with Crippen molar-refractivity contribution in [1.82, 2.24) is 9.63 Å². The van der Waals surface area contributed by atoms with E-state index < -0.39 is 0 Å². The van der Waals surface area contributed by atoms with Crippen molar-refractivity contribution in [2.75, 3.05) is 20.3 Å². The molecule has 0 saturated heterocycles. The minimum atomic E-state index is 0.466. The minimum absolute atomic E-state index is 0.466. The smallest absolute Gasteiger partial charge is 0.205 e. The molecule has 0 unspecified atom stereocenters. The molecule has 4 rings (SSSR count). The Labute approximate surface area is 155 Å². The van der Waals surface area contributed by atoms with Crippen molar-refractivity contribution >= 4 is 40.0 Å². The van der Waals surface area contributed by atoms with E-state index in [4.69, 9.17) is 37.8 Å². The second kappa shape index (κ2) is 6.80. The zero-order chi connectivity index (χ0) is 17.4. The highest BCUT2D eigenvalue weighted by Crippen LogP contribution is 2.32. The molecule has 0 amide bonds. The van der Waals surface area contributed by atoms with Gasteiger partial charge in [-0.15, -0.1) is 0 Å². The van der Waals surface area contributed by atoms with Crippen molar-refractivity contribution in [2.24, 2.45) is 0 Å². The second-order valence-corrected chi connectivity index (χ2v) is 6.64. The van der Waals surface area contributed by atoms with Gasteiger partial charge in [0.2, 0.25) is 5.11 Å². The van der Waals surface area contributed by atoms with E-state index in [-0.39, 0.29) is 0 Å². The van der Waals surface area contributed by atoms with Crippen LogP contribution in [0.15, 0.2) is 40.8 Å². The molecule has 0 aliphatic carbocycles. The molecule has 0 N–H and O–H groups in total. The monoisotopic (exact) mass is 376 g/mol. The Hall–Kier alpha value is -1.86. The lowest BCUT2D eigenvalue weighted by molar-refractivity contribution is -0.123. The zero-order valence-electron chi connectivity index (χ0n) is 13.7. The second-order valence-electron chi connectivity index (χ2n) is 5.84. The molecule has 3 heterocycles. The van der Waals surface area contributed by atoms with Crippen LogP contribution in [-0.4, -0.2) is 35.0 Å². The van der Waals surface area contributed by atoms with E-state index in [0.29, 0.717) is 29.9 Å². The van der Waals surface area contributed by atoms with E-state index in [2.05, 4.69) is 0 Å². The molecule has 25 heavy (non-hydrogen) atoms. The number of benzene rings is 1. The third-order valence-corrected chi connectivity index (χ3v) is 4.82. The van der Waals surface area contributed by atoms with Crippen LogP contribution in [0.2, 0.25) is 5.02 Å². The first-order valence-electron chi connectivity index (χ1n) is 8.01. The van der Waals surface area contributed by atoms with Crippen LogP contribution in [0.4, 0.5) is 0 Å². The average molecular weight is 377 g/mol. The van der Waals surface area contributed by atoms with Crippen LogP contribution in [0.1, 0.15) is 12.1 Å². The molecule has 130 valence electrons. The molecule has 0 bridgehead atoms. The predicted octanol–water partition coefficient (Wildman–Crippen LogP) is 4.47. The third kappa shape index (κ3) is 3.06. The zero-order valence-corrected chi connectivity index (χ0v) is 15.3. The topological polar surface area (TPSA) is 39.8 Å². The van der Waals surface area contributed by atoms with Gasteiger partial charge in [-0.25, -0.2) is 5.06 Å². The van der Waals surface area contributed by atoms with Gasteiger partial charge in [0.05, 0.1) is 17.8 Å². The van der Waals surface area contributed by atoms with E-state index in [9.17, 15) is 0 Å². The lowest BCUT2D eigenvalue weighted by Gasteiger charge is -2.30. The number of hydroxylamine groups is 2. The normalized spacial score (nSPS) is 14.3. The molecule has 1 aromatic carbocycles. The van der Waals surface area contributed by atoms with Crippen LogP contribution >= 0.6 is 23.8 Å². The maximum Gasteiger partial charge on any atom is 0.205 e. The van der Waals surface area contributed by atoms with E-state index in [1.54, 1.807) is 12.2 Å². The molecule has 1 aliphatic rings. The molecule has 0 radical (unpaired) electrons. The van der Waals surface area contributed by atoms with E-state index in [1.807, 2.05) is 41.0 Å².